The average molecular weight is 202 g/mol. The third-order valence-corrected chi connectivity index (χ3v) is 2.13. The highest BCUT2D eigenvalue weighted by molar-refractivity contribution is 5.87. The quantitative estimate of drug-likeness (QED) is 0.651. The van der Waals surface area contributed by atoms with E-state index >= 15 is 0 Å². The summed E-state index contributed by atoms with van der Waals surface area (Å²) >= 11 is 0. The Balaban J connectivity index is 2.41. The lowest BCUT2D eigenvalue weighted by atomic mass is 10.1. The van der Waals surface area contributed by atoms with Gasteiger partial charge < -0.3 is 15.8 Å². The predicted octanol–water partition coefficient (Wildman–Crippen LogP) is 1.96. The van der Waals surface area contributed by atoms with Gasteiger partial charge in [-0.15, -0.1) is 0 Å². The smallest absolute Gasteiger partial charge is 0.352 e. The van der Waals surface area contributed by atoms with Crippen LogP contribution in [0.3, 0.4) is 0 Å². The lowest BCUT2D eigenvalue weighted by molar-refractivity contribution is 0.0691. The molecule has 4 heteroatoms. The molecular weight excluding hydrogens is 192 g/mol. The van der Waals surface area contributed by atoms with Crippen LogP contribution in [0.2, 0.25) is 0 Å². The van der Waals surface area contributed by atoms with Gasteiger partial charge in [-0.2, -0.15) is 0 Å². The Hall–Kier alpha value is -2.23. The second-order valence-electron chi connectivity index (χ2n) is 3.23. The summed E-state index contributed by atoms with van der Waals surface area (Å²) in [5.74, 6) is -0.967. The van der Waals surface area contributed by atoms with Gasteiger partial charge in [0.15, 0.2) is 0 Å². The van der Waals surface area contributed by atoms with E-state index in [4.69, 9.17) is 10.8 Å². The second-order valence-corrected chi connectivity index (χ2v) is 3.23. The summed E-state index contributed by atoms with van der Waals surface area (Å²) in [5, 5.41) is 8.74. The SMILES string of the molecule is Nc1cccc(-c2c[nH]c(C(=O)O)c2)c1. The van der Waals surface area contributed by atoms with Crippen LogP contribution >= 0.6 is 0 Å². The van der Waals surface area contributed by atoms with E-state index in [1.165, 1.54) is 0 Å². The van der Waals surface area contributed by atoms with Gasteiger partial charge in [-0.25, -0.2) is 4.79 Å². The topological polar surface area (TPSA) is 79.1 Å². The summed E-state index contributed by atoms with van der Waals surface area (Å²) in [4.78, 5) is 13.3. The number of aromatic amines is 1. The summed E-state index contributed by atoms with van der Waals surface area (Å²) in [7, 11) is 0. The van der Waals surface area contributed by atoms with Crippen LogP contribution in [0.1, 0.15) is 10.5 Å². The number of nitrogens with two attached hydrogens (primary N) is 1. The summed E-state index contributed by atoms with van der Waals surface area (Å²) in [6, 6.07) is 8.88. The normalized spacial score (nSPS) is 10.1. The molecule has 1 heterocycles. The highest BCUT2D eigenvalue weighted by Crippen LogP contribution is 2.22. The molecular formula is C11H10N2O2. The van der Waals surface area contributed by atoms with E-state index in [-0.39, 0.29) is 5.69 Å². The van der Waals surface area contributed by atoms with Crippen LogP contribution in [0.4, 0.5) is 5.69 Å². The number of carbonyl (C=O) groups is 1. The Morgan fingerprint density at radius 2 is 2.07 bits per heavy atom. The highest BCUT2D eigenvalue weighted by Gasteiger charge is 2.07. The van der Waals surface area contributed by atoms with Crippen LogP contribution in [0.5, 0.6) is 0 Å². The van der Waals surface area contributed by atoms with Gasteiger partial charge in [0.05, 0.1) is 0 Å². The van der Waals surface area contributed by atoms with Crippen molar-refractivity contribution >= 4 is 11.7 Å². The fraction of sp³-hybridized carbons (Fsp3) is 0. The van der Waals surface area contributed by atoms with Crippen molar-refractivity contribution in [2.45, 2.75) is 0 Å². The molecule has 0 radical (unpaired) electrons. The molecule has 76 valence electrons. The molecule has 0 aliphatic heterocycles. The molecule has 0 spiro atoms. The Labute approximate surface area is 86.4 Å². The molecule has 0 aliphatic carbocycles. The third-order valence-electron chi connectivity index (χ3n) is 2.13. The lowest BCUT2D eigenvalue weighted by Gasteiger charge is -1.98. The summed E-state index contributed by atoms with van der Waals surface area (Å²) in [6.07, 6.45) is 1.65. The molecule has 0 bridgehead atoms. The number of aromatic carboxylic acids is 1. The minimum Gasteiger partial charge on any atom is -0.477 e. The maximum atomic E-state index is 10.7. The number of nitrogen functional groups attached to an aromatic ring is 1. The van der Waals surface area contributed by atoms with Crippen molar-refractivity contribution in [2.75, 3.05) is 5.73 Å². The van der Waals surface area contributed by atoms with Gasteiger partial charge in [-0.05, 0) is 23.8 Å². The first kappa shape index (κ1) is 9.33. The molecule has 4 nitrogen and oxygen atoms in total. The number of benzene rings is 1. The Morgan fingerprint density at radius 1 is 1.27 bits per heavy atom. The van der Waals surface area contributed by atoms with E-state index in [9.17, 15) is 4.79 Å². The minimum atomic E-state index is -0.967. The number of nitrogens with one attached hydrogen (secondary N) is 1. The van der Waals surface area contributed by atoms with E-state index in [0.29, 0.717) is 5.69 Å². The van der Waals surface area contributed by atoms with Gasteiger partial charge in [-0.3, -0.25) is 0 Å². The van der Waals surface area contributed by atoms with Gasteiger partial charge in [0.2, 0.25) is 0 Å². The zero-order valence-electron chi connectivity index (χ0n) is 7.90. The summed E-state index contributed by atoms with van der Waals surface area (Å²) < 4.78 is 0. The maximum absolute atomic E-state index is 10.7. The van der Waals surface area contributed by atoms with Crippen molar-refractivity contribution in [3.8, 4) is 11.1 Å². The molecule has 0 saturated heterocycles. The number of rotatable bonds is 2. The summed E-state index contributed by atoms with van der Waals surface area (Å²) in [5.41, 5.74) is 8.19. The largest absolute Gasteiger partial charge is 0.477 e. The zero-order valence-corrected chi connectivity index (χ0v) is 7.90. The van der Waals surface area contributed by atoms with E-state index < -0.39 is 5.97 Å². The fourth-order valence-electron chi connectivity index (χ4n) is 1.40. The summed E-state index contributed by atoms with van der Waals surface area (Å²) in [6.45, 7) is 0. The number of hydrogen-bond acceptors (Lipinski definition) is 2. The second kappa shape index (κ2) is 3.49. The fourth-order valence-corrected chi connectivity index (χ4v) is 1.40. The van der Waals surface area contributed by atoms with Crippen LogP contribution in [0.25, 0.3) is 11.1 Å². The number of aromatic nitrogens is 1. The monoisotopic (exact) mass is 202 g/mol. The number of H-pyrrole nitrogens is 1. The Bertz CT molecular complexity index is 503. The van der Waals surface area contributed by atoms with Crippen molar-refractivity contribution < 1.29 is 9.90 Å². The average Bonchev–Trinajstić information content (AvgIpc) is 2.66. The van der Waals surface area contributed by atoms with Gasteiger partial charge >= 0.3 is 5.97 Å². The molecule has 0 atom stereocenters. The van der Waals surface area contributed by atoms with Crippen LogP contribution in [-0.4, -0.2) is 16.1 Å². The molecule has 0 fully saturated rings. The van der Waals surface area contributed by atoms with Crippen LogP contribution in [0.15, 0.2) is 36.5 Å². The number of carboxylic acids is 1. The Kier molecular flexibility index (Phi) is 2.17. The van der Waals surface area contributed by atoms with Crippen LogP contribution < -0.4 is 5.73 Å². The van der Waals surface area contributed by atoms with Crippen molar-refractivity contribution in [3.05, 3.63) is 42.2 Å². The predicted molar refractivity (Wildman–Crippen MR) is 57.6 cm³/mol. The van der Waals surface area contributed by atoms with Gasteiger partial charge in [0, 0.05) is 17.4 Å². The zero-order chi connectivity index (χ0) is 10.8. The van der Waals surface area contributed by atoms with Crippen molar-refractivity contribution in [2.24, 2.45) is 0 Å². The number of anilines is 1. The molecule has 4 N–H and O–H groups in total. The van der Waals surface area contributed by atoms with Crippen LogP contribution in [-0.2, 0) is 0 Å². The molecule has 2 aromatic rings. The molecule has 15 heavy (non-hydrogen) atoms. The van der Waals surface area contributed by atoms with E-state index in [0.717, 1.165) is 11.1 Å². The first-order valence-corrected chi connectivity index (χ1v) is 4.44. The molecule has 0 amide bonds. The lowest BCUT2D eigenvalue weighted by Crippen LogP contribution is -1.94. The first-order valence-electron chi connectivity index (χ1n) is 4.44. The first-order chi connectivity index (χ1) is 7.16. The Morgan fingerprint density at radius 3 is 2.67 bits per heavy atom. The highest BCUT2D eigenvalue weighted by atomic mass is 16.4. The van der Waals surface area contributed by atoms with Crippen LogP contribution in [0, 0.1) is 0 Å². The van der Waals surface area contributed by atoms with Gasteiger partial charge in [-0.1, -0.05) is 12.1 Å². The minimum absolute atomic E-state index is 0.174. The maximum Gasteiger partial charge on any atom is 0.352 e. The van der Waals surface area contributed by atoms with Crippen molar-refractivity contribution in [1.29, 1.82) is 0 Å². The molecule has 1 aromatic carbocycles. The molecule has 0 unspecified atom stereocenters. The molecule has 2 rings (SSSR count). The van der Waals surface area contributed by atoms with Gasteiger partial charge in [0.1, 0.15) is 5.69 Å². The van der Waals surface area contributed by atoms with E-state index in [1.807, 2.05) is 12.1 Å². The van der Waals surface area contributed by atoms with Crippen molar-refractivity contribution in [1.82, 2.24) is 4.98 Å². The number of carboxylic acid groups (broad SMARTS) is 1. The molecule has 1 aromatic heterocycles. The molecule has 0 aliphatic rings. The van der Waals surface area contributed by atoms with Crippen molar-refractivity contribution in [3.63, 3.8) is 0 Å². The molecule has 0 saturated carbocycles. The van der Waals surface area contributed by atoms with E-state index in [1.54, 1.807) is 24.4 Å². The standard InChI is InChI=1S/C11H10N2O2/c12-9-3-1-2-7(4-9)8-5-10(11(14)15)13-6-8/h1-6,13H,12H2,(H,14,15). The number of hydrogen-bond donors (Lipinski definition) is 3. The van der Waals surface area contributed by atoms with Gasteiger partial charge in [0.25, 0.3) is 0 Å². The van der Waals surface area contributed by atoms with E-state index in [2.05, 4.69) is 4.98 Å². The third kappa shape index (κ3) is 1.83.